The minimum absolute atomic E-state index is 0.697. The van der Waals surface area contributed by atoms with E-state index in [0.29, 0.717) is 5.41 Å². The van der Waals surface area contributed by atoms with E-state index in [0.717, 1.165) is 30.8 Å². The standard InChI is InChI=1S/C11H22N2/c1-2-10-5-11(10)3-8(6-12)9(4-11)7-13/h8-10H,2-7,12-13H2,1H3. The molecule has 0 bridgehead atoms. The Morgan fingerprint density at radius 2 is 1.62 bits per heavy atom. The average Bonchev–Trinajstić information content (AvgIpc) is 2.69. The van der Waals surface area contributed by atoms with Crippen molar-refractivity contribution < 1.29 is 0 Å². The van der Waals surface area contributed by atoms with Crippen LogP contribution < -0.4 is 11.5 Å². The highest BCUT2D eigenvalue weighted by Crippen LogP contribution is 2.66. The van der Waals surface area contributed by atoms with E-state index in [-0.39, 0.29) is 0 Å². The lowest BCUT2D eigenvalue weighted by Crippen LogP contribution is -2.24. The van der Waals surface area contributed by atoms with Gasteiger partial charge in [-0.2, -0.15) is 0 Å². The Morgan fingerprint density at radius 3 is 1.92 bits per heavy atom. The molecular weight excluding hydrogens is 160 g/mol. The first-order chi connectivity index (χ1) is 6.25. The normalized spacial score (nSPS) is 48.7. The van der Waals surface area contributed by atoms with E-state index in [9.17, 15) is 0 Å². The van der Waals surface area contributed by atoms with Gasteiger partial charge in [0, 0.05) is 0 Å². The Balaban J connectivity index is 1.98. The van der Waals surface area contributed by atoms with Crippen LogP contribution in [-0.2, 0) is 0 Å². The molecule has 2 nitrogen and oxygen atoms in total. The van der Waals surface area contributed by atoms with E-state index >= 15 is 0 Å². The summed E-state index contributed by atoms with van der Waals surface area (Å²) in [5, 5.41) is 0. The number of hydrogen-bond acceptors (Lipinski definition) is 2. The summed E-state index contributed by atoms with van der Waals surface area (Å²) in [6.07, 6.45) is 5.54. The molecule has 2 fully saturated rings. The first kappa shape index (κ1) is 9.47. The molecule has 2 aliphatic carbocycles. The molecule has 0 aromatic heterocycles. The van der Waals surface area contributed by atoms with Crippen LogP contribution in [0.4, 0.5) is 0 Å². The molecule has 76 valence electrons. The molecule has 0 aromatic rings. The topological polar surface area (TPSA) is 52.0 Å². The van der Waals surface area contributed by atoms with Crippen LogP contribution in [0.3, 0.4) is 0 Å². The largest absolute Gasteiger partial charge is 0.330 e. The van der Waals surface area contributed by atoms with Crippen molar-refractivity contribution in [1.29, 1.82) is 0 Å². The fraction of sp³-hybridized carbons (Fsp3) is 1.00. The van der Waals surface area contributed by atoms with E-state index in [2.05, 4.69) is 6.92 Å². The Hall–Kier alpha value is -0.0800. The summed E-state index contributed by atoms with van der Waals surface area (Å²) in [5.74, 6) is 2.45. The van der Waals surface area contributed by atoms with Gasteiger partial charge in [0.1, 0.15) is 0 Å². The summed E-state index contributed by atoms with van der Waals surface area (Å²) in [5.41, 5.74) is 12.3. The summed E-state index contributed by atoms with van der Waals surface area (Å²) in [6.45, 7) is 4.01. The van der Waals surface area contributed by atoms with E-state index in [1.165, 1.54) is 25.7 Å². The molecule has 0 aromatic carbocycles. The van der Waals surface area contributed by atoms with E-state index in [4.69, 9.17) is 11.5 Å². The quantitative estimate of drug-likeness (QED) is 0.692. The number of rotatable bonds is 3. The maximum absolute atomic E-state index is 5.78. The van der Waals surface area contributed by atoms with Crippen molar-refractivity contribution in [3.8, 4) is 0 Å². The smallest absolute Gasteiger partial charge is 0.00455 e. The number of nitrogens with two attached hydrogens (primary N) is 2. The van der Waals surface area contributed by atoms with Gasteiger partial charge in [-0.15, -0.1) is 0 Å². The highest BCUT2D eigenvalue weighted by molar-refractivity contribution is 5.08. The lowest BCUT2D eigenvalue weighted by Gasteiger charge is -2.13. The zero-order valence-corrected chi connectivity index (χ0v) is 8.63. The van der Waals surface area contributed by atoms with E-state index in [1.54, 1.807) is 0 Å². The van der Waals surface area contributed by atoms with Gasteiger partial charge in [-0.05, 0) is 55.5 Å². The Kier molecular flexibility index (Phi) is 2.37. The molecule has 0 amide bonds. The lowest BCUT2D eigenvalue weighted by molar-refractivity contribution is 0.405. The first-order valence-electron chi connectivity index (χ1n) is 5.66. The minimum atomic E-state index is 0.697. The average molecular weight is 182 g/mol. The molecule has 2 aliphatic rings. The van der Waals surface area contributed by atoms with Gasteiger partial charge in [0.15, 0.2) is 0 Å². The molecule has 0 radical (unpaired) electrons. The minimum Gasteiger partial charge on any atom is -0.330 e. The predicted octanol–water partition coefficient (Wildman–Crippen LogP) is 1.35. The van der Waals surface area contributed by atoms with Gasteiger partial charge < -0.3 is 11.5 Å². The molecule has 3 unspecified atom stereocenters. The third-order valence-corrected chi connectivity index (χ3v) is 4.46. The van der Waals surface area contributed by atoms with E-state index in [1.807, 2.05) is 0 Å². The Labute approximate surface area is 81.1 Å². The molecule has 0 saturated heterocycles. The molecule has 2 rings (SSSR count). The lowest BCUT2D eigenvalue weighted by atomic mass is 9.97. The van der Waals surface area contributed by atoms with Crippen molar-refractivity contribution in [3.63, 3.8) is 0 Å². The number of hydrogen-bond donors (Lipinski definition) is 2. The second-order valence-electron chi connectivity index (χ2n) is 5.07. The summed E-state index contributed by atoms with van der Waals surface area (Å²) in [7, 11) is 0. The molecule has 3 atom stereocenters. The molecular formula is C11H22N2. The fourth-order valence-electron chi connectivity index (χ4n) is 3.52. The zero-order chi connectivity index (χ0) is 9.47. The predicted molar refractivity (Wildman–Crippen MR) is 55.2 cm³/mol. The zero-order valence-electron chi connectivity index (χ0n) is 8.63. The molecule has 13 heavy (non-hydrogen) atoms. The van der Waals surface area contributed by atoms with Crippen LogP contribution in [-0.4, -0.2) is 13.1 Å². The third kappa shape index (κ3) is 1.40. The van der Waals surface area contributed by atoms with Crippen molar-refractivity contribution >= 4 is 0 Å². The molecule has 0 aliphatic heterocycles. The van der Waals surface area contributed by atoms with Crippen LogP contribution in [0.5, 0.6) is 0 Å². The van der Waals surface area contributed by atoms with Gasteiger partial charge in [0.05, 0.1) is 0 Å². The van der Waals surface area contributed by atoms with Gasteiger partial charge in [0.25, 0.3) is 0 Å². The van der Waals surface area contributed by atoms with Crippen LogP contribution in [0.2, 0.25) is 0 Å². The highest BCUT2D eigenvalue weighted by atomic mass is 14.7. The summed E-state index contributed by atoms with van der Waals surface area (Å²) in [4.78, 5) is 0. The van der Waals surface area contributed by atoms with Crippen molar-refractivity contribution in [3.05, 3.63) is 0 Å². The monoisotopic (exact) mass is 182 g/mol. The van der Waals surface area contributed by atoms with Crippen molar-refractivity contribution in [1.82, 2.24) is 0 Å². The van der Waals surface area contributed by atoms with Crippen molar-refractivity contribution in [2.24, 2.45) is 34.6 Å². The molecule has 0 heterocycles. The molecule has 2 heteroatoms. The SMILES string of the molecule is CCC1CC12CC(CN)C(CN)C2. The van der Waals surface area contributed by atoms with Crippen LogP contribution in [0.1, 0.15) is 32.6 Å². The first-order valence-corrected chi connectivity index (χ1v) is 5.66. The maximum atomic E-state index is 5.78. The summed E-state index contributed by atoms with van der Waals surface area (Å²) >= 11 is 0. The van der Waals surface area contributed by atoms with Gasteiger partial charge in [-0.3, -0.25) is 0 Å². The van der Waals surface area contributed by atoms with Crippen LogP contribution in [0.15, 0.2) is 0 Å². The Bertz CT molecular complexity index is 179. The second kappa shape index (κ2) is 3.25. The summed E-state index contributed by atoms with van der Waals surface area (Å²) in [6, 6.07) is 0. The van der Waals surface area contributed by atoms with Gasteiger partial charge in [0.2, 0.25) is 0 Å². The van der Waals surface area contributed by atoms with Crippen LogP contribution in [0, 0.1) is 23.2 Å². The third-order valence-electron chi connectivity index (χ3n) is 4.46. The Morgan fingerprint density at radius 1 is 1.08 bits per heavy atom. The van der Waals surface area contributed by atoms with Gasteiger partial charge >= 0.3 is 0 Å². The van der Waals surface area contributed by atoms with Crippen molar-refractivity contribution in [2.75, 3.05) is 13.1 Å². The van der Waals surface area contributed by atoms with Gasteiger partial charge in [-0.1, -0.05) is 13.3 Å². The fourth-order valence-corrected chi connectivity index (χ4v) is 3.52. The molecule has 4 N–H and O–H groups in total. The van der Waals surface area contributed by atoms with E-state index < -0.39 is 0 Å². The van der Waals surface area contributed by atoms with Crippen LogP contribution in [0.25, 0.3) is 0 Å². The molecule has 1 spiro atoms. The maximum Gasteiger partial charge on any atom is -0.00455 e. The highest BCUT2D eigenvalue weighted by Gasteiger charge is 2.58. The van der Waals surface area contributed by atoms with Crippen molar-refractivity contribution in [2.45, 2.75) is 32.6 Å². The van der Waals surface area contributed by atoms with Gasteiger partial charge in [-0.25, -0.2) is 0 Å². The summed E-state index contributed by atoms with van der Waals surface area (Å²) < 4.78 is 0. The van der Waals surface area contributed by atoms with Crippen LogP contribution >= 0.6 is 0 Å². The second-order valence-corrected chi connectivity index (χ2v) is 5.07. The molecule has 2 saturated carbocycles.